The molecule has 32 heavy (non-hydrogen) atoms. The minimum absolute atomic E-state index is 0.248. The molecule has 0 radical (unpaired) electrons. The van der Waals surface area contributed by atoms with E-state index in [2.05, 4.69) is 12.2 Å². The summed E-state index contributed by atoms with van der Waals surface area (Å²) in [5.74, 6) is -0.662. The molecule has 1 aliphatic carbocycles. The van der Waals surface area contributed by atoms with Crippen LogP contribution in [0.4, 0.5) is 5.00 Å². The van der Waals surface area contributed by atoms with Crippen molar-refractivity contribution in [3.05, 3.63) is 44.8 Å². The molecule has 9 heteroatoms. The van der Waals surface area contributed by atoms with Crippen molar-refractivity contribution in [2.24, 2.45) is 5.92 Å². The third-order valence-corrected chi connectivity index (χ3v) is 6.69. The van der Waals surface area contributed by atoms with Gasteiger partial charge in [-0.1, -0.05) is 18.5 Å². The van der Waals surface area contributed by atoms with Gasteiger partial charge in [-0.25, -0.2) is 9.59 Å². The predicted octanol–water partition coefficient (Wildman–Crippen LogP) is 4.57. The minimum Gasteiger partial charge on any atom is -0.482 e. The van der Waals surface area contributed by atoms with Gasteiger partial charge in [0.1, 0.15) is 10.8 Å². The van der Waals surface area contributed by atoms with Gasteiger partial charge in [0.25, 0.3) is 5.91 Å². The molecule has 0 fully saturated rings. The Morgan fingerprint density at radius 1 is 1.22 bits per heavy atom. The second kappa shape index (κ2) is 10.8. The summed E-state index contributed by atoms with van der Waals surface area (Å²) in [6, 6.07) is 5.03. The van der Waals surface area contributed by atoms with E-state index in [1.807, 2.05) is 6.92 Å². The van der Waals surface area contributed by atoms with Crippen molar-refractivity contribution in [2.45, 2.75) is 40.0 Å². The highest BCUT2D eigenvalue weighted by Crippen LogP contribution is 2.40. The summed E-state index contributed by atoms with van der Waals surface area (Å²) >= 11 is 7.35. The SMILES string of the molecule is CCOC(=O)c1c(NC(=O)COC(=O)COc2ccc(Cl)c(C)c2)sc2c1CCC(C)C2. The van der Waals surface area contributed by atoms with Crippen LogP contribution in [0.3, 0.4) is 0 Å². The minimum atomic E-state index is -0.683. The maximum absolute atomic E-state index is 12.5. The molecule has 1 amide bonds. The fourth-order valence-electron chi connectivity index (χ4n) is 3.46. The maximum Gasteiger partial charge on any atom is 0.344 e. The zero-order chi connectivity index (χ0) is 23.3. The van der Waals surface area contributed by atoms with Gasteiger partial charge in [0.2, 0.25) is 0 Å². The first-order valence-electron chi connectivity index (χ1n) is 10.4. The molecule has 1 heterocycles. The van der Waals surface area contributed by atoms with Gasteiger partial charge in [0, 0.05) is 9.90 Å². The Bertz CT molecular complexity index is 1020. The molecule has 172 valence electrons. The molecular formula is C23H26ClNO6S. The summed E-state index contributed by atoms with van der Waals surface area (Å²) in [6.07, 6.45) is 2.61. The lowest BCUT2D eigenvalue weighted by Gasteiger charge is -2.18. The molecule has 0 saturated heterocycles. The Hall–Kier alpha value is -2.58. The molecule has 0 spiro atoms. The van der Waals surface area contributed by atoms with Crippen LogP contribution in [0.2, 0.25) is 5.02 Å². The molecule has 1 aromatic heterocycles. The number of esters is 2. The van der Waals surface area contributed by atoms with E-state index in [0.717, 1.165) is 35.3 Å². The molecule has 1 atom stereocenters. The van der Waals surface area contributed by atoms with E-state index in [1.165, 1.54) is 11.3 Å². The van der Waals surface area contributed by atoms with E-state index in [1.54, 1.807) is 25.1 Å². The van der Waals surface area contributed by atoms with Crippen molar-refractivity contribution < 1.29 is 28.6 Å². The van der Waals surface area contributed by atoms with E-state index < -0.39 is 24.5 Å². The molecule has 1 unspecified atom stereocenters. The number of hydrogen-bond donors (Lipinski definition) is 1. The van der Waals surface area contributed by atoms with E-state index >= 15 is 0 Å². The molecule has 3 rings (SSSR count). The van der Waals surface area contributed by atoms with Crippen molar-refractivity contribution in [1.82, 2.24) is 0 Å². The number of hydrogen-bond acceptors (Lipinski definition) is 7. The molecule has 1 N–H and O–H groups in total. The van der Waals surface area contributed by atoms with Crippen molar-refractivity contribution in [2.75, 3.05) is 25.1 Å². The van der Waals surface area contributed by atoms with Crippen LogP contribution >= 0.6 is 22.9 Å². The number of ether oxygens (including phenoxy) is 3. The predicted molar refractivity (Wildman–Crippen MR) is 123 cm³/mol. The van der Waals surface area contributed by atoms with Gasteiger partial charge in [-0.2, -0.15) is 0 Å². The first-order chi connectivity index (χ1) is 15.3. The van der Waals surface area contributed by atoms with E-state index in [9.17, 15) is 14.4 Å². The Morgan fingerprint density at radius 2 is 2.00 bits per heavy atom. The van der Waals surface area contributed by atoms with Crippen molar-refractivity contribution in [1.29, 1.82) is 0 Å². The van der Waals surface area contributed by atoms with Crippen molar-refractivity contribution in [3.63, 3.8) is 0 Å². The van der Waals surface area contributed by atoms with E-state index in [0.29, 0.717) is 27.3 Å². The zero-order valence-corrected chi connectivity index (χ0v) is 19.9. The number of fused-ring (bicyclic) bond motifs is 1. The molecule has 1 aliphatic rings. The first-order valence-corrected chi connectivity index (χ1v) is 11.6. The highest BCUT2D eigenvalue weighted by atomic mass is 35.5. The van der Waals surface area contributed by atoms with Gasteiger partial charge in [0.15, 0.2) is 13.2 Å². The second-order valence-electron chi connectivity index (χ2n) is 7.68. The zero-order valence-electron chi connectivity index (χ0n) is 18.3. The number of halogens is 1. The molecule has 7 nitrogen and oxygen atoms in total. The molecule has 0 saturated carbocycles. The number of anilines is 1. The lowest BCUT2D eigenvalue weighted by Crippen LogP contribution is -2.24. The summed E-state index contributed by atoms with van der Waals surface area (Å²) < 4.78 is 15.6. The quantitative estimate of drug-likeness (QED) is 0.557. The standard InChI is InChI=1S/C23H26ClNO6S/c1-4-29-23(28)21-16-7-5-13(2)9-18(16)32-22(21)25-19(26)11-31-20(27)12-30-15-6-8-17(24)14(3)10-15/h6,8,10,13H,4-5,7,9,11-12H2,1-3H3,(H,25,26). The second-order valence-corrected chi connectivity index (χ2v) is 9.20. The van der Waals surface area contributed by atoms with Crippen LogP contribution < -0.4 is 10.1 Å². The number of amides is 1. The topological polar surface area (TPSA) is 90.9 Å². The van der Waals surface area contributed by atoms with E-state index in [4.69, 9.17) is 25.8 Å². The number of benzene rings is 1. The summed E-state index contributed by atoms with van der Waals surface area (Å²) in [6.45, 7) is 5.15. The van der Waals surface area contributed by atoms with E-state index in [-0.39, 0.29) is 13.2 Å². The number of carbonyl (C=O) groups excluding carboxylic acids is 3. The number of aryl methyl sites for hydroxylation is 1. The van der Waals surface area contributed by atoms with Gasteiger partial charge in [-0.05, 0) is 68.4 Å². The average Bonchev–Trinajstić information content (AvgIpc) is 3.10. The van der Waals surface area contributed by atoms with Crippen LogP contribution in [0, 0.1) is 12.8 Å². The lowest BCUT2D eigenvalue weighted by molar-refractivity contribution is -0.149. The van der Waals surface area contributed by atoms with Crippen LogP contribution in [0.5, 0.6) is 5.75 Å². The monoisotopic (exact) mass is 479 g/mol. The third kappa shape index (κ3) is 6.01. The molecule has 0 bridgehead atoms. The van der Waals surface area contributed by atoms with Gasteiger partial charge < -0.3 is 19.5 Å². The Labute approximate surface area is 196 Å². The number of carbonyl (C=O) groups is 3. The van der Waals surface area contributed by atoms with Crippen LogP contribution in [0.25, 0.3) is 0 Å². The summed E-state index contributed by atoms with van der Waals surface area (Å²) in [4.78, 5) is 38.0. The Balaban J connectivity index is 1.57. The van der Waals surface area contributed by atoms with Crippen molar-refractivity contribution >= 4 is 45.8 Å². The first kappa shape index (κ1) is 24.1. The third-order valence-electron chi connectivity index (χ3n) is 5.09. The number of thiophene rings is 1. The smallest absolute Gasteiger partial charge is 0.344 e. The van der Waals surface area contributed by atoms with Crippen LogP contribution in [0.1, 0.15) is 46.6 Å². The molecule has 1 aromatic carbocycles. The summed E-state index contributed by atoms with van der Waals surface area (Å²) in [5.41, 5.74) is 2.19. The molecule has 0 aliphatic heterocycles. The Morgan fingerprint density at radius 3 is 2.72 bits per heavy atom. The maximum atomic E-state index is 12.5. The number of nitrogens with one attached hydrogen (secondary N) is 1. The fourth-order valence-corrected chi connectivity index (χ4v) is 4.99. The van der Waals surface area contributed by atoms with Gasteiger partial charge >= 0.3 is 11.9 Å². The highest BCUT2D eigenvalue weighted by Gasteiger charge is 2.29. The summed E-state index contributed by atoms with van der Waals surface area (Å²) in [7, 11) is 0. The Kier molecular flexibility index (Phi) is 8.15. The van der Waals surface area contributed by atoms with Crippen LogP contribution in [-0.4, -0.2) is 37.7 Å². The highest BCUT2D eigenvalue weighted by molar-refractivity contribution is 7.17. The van der Waals surface area contributed by atoms with Crippen LogP contribution in [0.15, 0.2) is 18.2 Å². The summed E-state index contributed by atoms with van der Waals surface area (Å²) in [5, 5.41) is 3.75. The molecular weight excluding hydrogens is 454 g/mol. The van der Waals surface area contributed by atoms with Gasteiger partial charge in [-0.3, -0.25) is 4.79 Å². The number of rotatable bonds is 8. The average molecular weight is 480 g/mol. The normalized spacial score (nSPS) is 14.9. The van der Waals surface area contributed by atoms with Gasteiger partial charge in [0.05, 0.1) is 12.2 Å². The fraction of sp³-hybridized carbons (Fsp3) is 0.435. The lowest BCUT2D eigenvalue weighted by atomic mass is 9.88. The largest absolute Gasteiger partial charge is 0.482 e. The molecule has 2 aromatic rings. The van der Waals surface area contributed by atoms with Crippen molar-refractivity contribution in [3.8, 4) is 5.75 Å². The van der Waals surface area contributed by atoms with Gasteiger partial charge in [-0.15, -0.1) is 11.3 Å². The van der Waals surface area contributed by atoms with Crippen LogP contribution in [-0.2, 0) is 31.9 Å².